The molecule has 7 nitrogen and oxygen atoms in total. The molecule has 3 aromatic rings. The molecule has 0 radical (unpaired) electrons. The standard InChI is InChI=1S/C19H25N5O2S/c1-11-7-13(3)24-18(20-11)21-19(22-24)27-10-17(25)16-8-12(2)23(15(16)5)14(4)9-26-6/h7-8,14H,9-10H2,1-6H3. The SMILES string of the molecule is COCC(C)n1c(C)cc(C(=O)CSc2nc3nc(C)cc(C)n3n2)c1C. The van der Waals surface area contributed by atoms with Crippen molar-refractivity contribution in [1.29, 1.82) is 0 Å². The number of fused-ring (bicyclic) bond motifs is 1. The summed E-state index contributed by atoms with van der Waals surface area (Å²) in [6.45, 7) is 10.6. The molecule has 1 unspecified atom stereocenters. The molecule has 1 atom stereocenters. The van der Waals surface area contributed by atoms with Crippen LogP contribution in [0.3, 0.4) is 0 Å². The van der Waals surface area contributed by atoms with Crippen LogP contribution in [0.2, 0.25) is 0 Å². The second-order valence-electron chi connectivity index (χ2n) is 6.82. The number of aromatic nitrogens is 5. The van der Waals surface area contributed by atoms with Gasteiger partial charge in [-0.25, -0.2) is 9.50 Å². The van der Waals surface area contributed by atoms with E-state index < -0.39 is 0 Å². The maximum Gasteiger partial charge on any atom is 0.253 e. The average molecular weight is 388 g/mol. The summed E-state index contributed by atoms with van der Waals surface area (Å²) >= 11 is 1.34. The Kier molecular flexibility index (Phi) is 5.67. The average Bonchev–Trinajstić information content (AvgIpc) is 3.13. The van der Waals surface area contributed by atoms with E-state index in [2.05, 4.69) is 26.6 Å². The molecular weight excluding hydrogens is 362 g/mol. The Hall–Kier alpha value is -2.19. The lowest BCUT2D eigenvalue weighted by Gasteiger charge is -2.17. The van der Waals surface area contributed by atoms with Crippen LogP contribution < -0.4 is 0 Å². The number of rotatable bonds is 7. The van der Waals surface area contributed by atoms with Gasteiger partial charge in [0, 0.05) is 35.4 Å². The monoisotopic (exact) mass is 387 g/mol. The second kappa shape index (κ2) is 7.82. The quantitative estimate of drug-likeness (QED) is 0.457. The largest absolute Gasteiger partial charge is 0.383 e. The van der Waals surface area contributed by atoms with Gasteiger partial charge in [0.2, 0.25) is 5.16 Å². The van der Waals surface area contributed by atoms with Crippen molar-refractivity contribution in [1.82, 2.24) is 24.1 Å². The molecule has 0 aromatic carbocycles. The molecule has 0 aliphatic heterocycles. The van der Waals surface area contributed by atoms with Crippen molar-refractivity contribution in [3.63, 3.8) is 0 Å². The molecule has 0 amide bonds. The highest BCUT2D eigenvalue weighted by molar-refractivity contribution is 7.99. The zero-order valence-corrected chi connectivity index (χ0v) is 17.4. The predicted molar refractivity (Wildman–Crippen MR) is 106 cm³/mol. The van der Waals surface area contributed by atoms with Crippen LogP contribution in [0.15, 0.2) is 17.3 Å². The topological polar surface area (TPSA) is 74.3 Å². The first-order valence-corrected chi connectivity index (χ1v) is 9.84. The van der Waals surface area contributed by atoms with E-state index in [9.17, 15) is 4.79 Å². The molecule has 3 rings (SSSR count). The van der Waals surface area contributed by atoms with Gasteiger partial charge in [-0.1, -0.05) is 11.8 Å². The fourth-order valence-electron chi connectivity index (χ4n) is 3.47. The molecule has 144 valence electrons. The minimum atomic E-state index is 0.0729. The molecule has 0 N–H and O–H groups in total. The van der Waals surface area contributed by atoms with Gasteiger partial charge in [-0.05, 0) is 46.8 Å². The van der Waals surface area contributed by atoms with Crippen molar-refractivity contribution in [2.75, 3.05) is 19.5 Å². The zero-order valence-electron chi connectivity index (χ0n) is 16.6. The Labute approximate surface area is 163 Å². The number of Topliss-reactive ketones (excluding diaryl/α,β-unsaturated/α-hetero) is 1. The highest BCUT2D eigenvalue weighted by atomic mass is 32.2. The van der Waals surface area contributed by atoms with Crippen LogP contribution in [0, 0.1) is 27.7 Å². The molecule has 0 spiro atoms. The van der Waals surface area contributed by atoms with Crippen LogP contribution in [-0.4, -0.2) is 49.4 Å². The normalized spacial score (nSPS) is 12.7. The van der Waals surface area contributed by atoms with E-state index >= 15 is 0 Å². The Bertz CT molecular complexity index is 992. The summed E-state index contributed by atoms with van der Waals surface area (Å²) in [6.07, 6.45) is 0. The highest BCUT2D eigenvalue weighted by Crippen LogP contribution is 2.23. The van der Waals surface area contributed by atoms with Crippen LogP contribution in [0.25, 0.3) is 5.78 Å². The van der Waals surface area contributed by atoms with Gasteiger partial charge in [0.05, 0.1) is 18.4 Å². The Morgan fingerprint density at radius 2 is 1.93 bits per heavy atom. The van der Waals surface area contributed by atoms with Gasteiger partial charge in [0.25, 0.3) is 5.78 Å². The third-order valence-corrected chi connectivity index (χ3v) is 5.40. The fraction of sp³-hybridized carbons (Fsp3) is 0.474. The van der Waals surface area contributed by atoms with E-state index in [1.807, 2.05) is 39.8 Å². The van der Waals surface area contributed by atoms with E-state index in [1.165, 1.54) is 11.8 Å². The number of aryl methyl sites for hydroxylation is 3. The lowest BCUT2D eigenvalue weighted by molar-refractivity contribution is 0.102. The third kappa shape index (κ3) is 3.91. The summed E-state index contributed by atoms with van der Waals surface area (Å²) in [5.41, 5.74) is 4.65. The van der Waals surface area contributed by atoms with Crippen molar-refractivity contribution in [2.24, 2.45) is 0 Å². The van der Waals surface area contributed by atoms with Gasteiger partial charge >= 0.3 is 0 Å². The molecule has 3 aromatic heterocycles. The van der Waals surface area contributed by atoms with Gasteiger partial charge < -0.3 is 9.30 Å². The van der Waals surface area contributed by atoms with E-state index in [4.69, 9.17) is 4.74 Å². The minimum Gasteiger partial charge on any atom is -0.383 e. The number of ketones is 1. The van der Waals surface area contributed by atoms with Crippen LogP contribution in [0.5, 0.6) is 0 Å². The molecular formula is C19H25N5O2S. The Morgan fingerprint density at radius 1 is 1.19 bits per heavy atom. The van der Waals surface area contributed by atoms with Crippen molar-refractivity contribution >= 4 is 23.3 Å². The number of methoxy groups -OCH3 is 1. The highest BCUT2D eigenvalue weighted by Gasteiger charge is 2.19. The summed E-state index contributed by atoms with van der Waals surface area (Å²) in [7, 11) is 1.69. The second-order valence-corrected chi connectivity index (χ2v) is 7.76. The molecule has 0 fully saturated rings. The number of hydrogen-bond donors (Lipinski definition) is 0. The zero-order chi connectivity index (χ0) is 19.7. The summed E-state index contributed by atoms with van der Waals surface area (Å²) < 4.78 is 9.12. The molecule has 27 heavy (non-hydrogen) atoms. The first-order valence-electron chi connectivity index (χ1n) is 8.86. The van der Waals surface area contributed by atoms with Gasteiger partial charge in [0.15, 0.2) is 5.78 Å². The van der Waals surface area contributed by atoms with E-state index in [0.717, 1.165) is 28.3 Å². The summed E-state index contributed by atoms with van der Waals surface area (Å²) in [5.74, 6) is 0.926. The van der Waals surface area contributed by atoms with E-state index in [-0.39, 0.29) is 17.6 Å². The van der Waals surface area contributed by atoms with Gasteiger partial charge in [-0.15, -0.1) is 5.10 Å². The molecule has 0 saturated heterocycles. The predicted octanol–water partition coefficient (Wildman–Crippen LogP) is 3.34. The maximum absolute atomic E-state index is 12.8. The van der Waals surface area contributed by atoms with Gasteiger partial charge in [-0.2, -0.15) is 4.98 Å². The van der Waals surface area contributed by atoms with Crippen molar-refractivity contribution in [2.45, 2.75) is 45.8 Å². The number of thioether (sulfide) groups is 1. The van der Waals surface area contributed by atoms with E-state index in [1.54, 1.807) is 11.6 Å². The number of nitrogens with zero attached hydrogens (tertiary/aromatic N) is 5. The van der Waals surface area contributed by atoms with Gasteiger partial charge in [-0.3, -0.25) is 4.79 Å². The first kappa shape index (κ1) is 19.6. The molecule has 0 saturated carbocycles. The summed E-state index contributed by atoms with van der Waals surface area (Å²) in [5, 5.41) is 5.01. The lowest BCUT2D eigenvalue weighted by Crippen LogP contribution is -2.14. The third-order valence-electron chi connectivity index (χ3n) is 4.56. The number of ether oxygens (including phenoxy) is 1. The smallest absolute Gasteiger partial charge is 0.253 e. The molecule has 0 aliphatic carbocycles. The minimum absolute atomic E-state index is 0.0729. The Balaban J connectivity index is 1.77. The van der Waals surface area contributed by atoms with E-state index in [0.29, 0.717) is 17.5 Å². The van der Waals surface area contributed by atoms with Crippen molar-refractivity contribution in [3.05, 3.63) is 40.5 Å². The number of carbonyl (C=O) groups is 1. The van der Waals surface area contributed by atoms with Crippen molar-refractivity contribution < 1.29 is 9.53 Å². The van der Waals surface area contributed by atoms with Gasteiger partial charge in [0.1, 0.15) is 0 Å². The Morgan fingerprint density at radius 3 is 2.63 bits per heavy atom. The number of hydrogen-bond acceptors (Lipinski definition) is 6. The first-order chi connectivity index (χ1) is 12.8. The summed E-state index contributed by atoms with van der Waals surface area (Å²) in [6, 6.07) is 4.09. The van der Waals surface area contributed by atoms with Crippen molar-refractivity contribution in [3.8, 4) is 0 Å². The molecule has 3 heterocycles. The van der Waals surface area contributed by atoms with Crippen LogP contribution in [-0.2, 0) is 4.74 Å². The fourth-order valence-corrected chi connectivity index (χ4v) is 4.17. The lowest BCUT2D eigenvalue weighted by atomic mass is 10.2. The van der Waals surface area contributed by atoms with Crippen LogP contribution in [0.1, 0.15) is 46.1 Å². The molecule has 0 bridgehead atoms. The maximum atomic E-state index is 12.8. The van der Waals surface area contributed by atoms with Crippen LogP contribution >= 0.6 is 11.8 Å². The summed E-state index contributed by atoms with van der Waals surface area (Å²) in [4.78, 5) is 21.6. The number of carbonyl (C=O) groups excluding carboxylic acids is 1. The molecule has 0 aliphatic rings. The molecule has 8 heteroatoms. The van der Waals surface area contributed by atoms with Crippen LogP contribution in [0.4, 0.5) is 0 Å².